The molecule has 0 amide bonds. The van der Waals surface area contributed by atoms with Crippen LogP contribution in [0.5, 0.6) is 0 Å². The highest BCUT2D eigenvalue weighted by molar-refractivity contribution is 4.84. The van der Waals surface area contributed by atoms with Crippen LogP contribution >= 0.6 is 0 Å². The molecule has 1 aliphatic heterocycles. The zero-order chi connectivity index (χ0) is 6.97. The molecule has 0 aromatic rings. The van der Waals surface area contributed by atoms with Crippen molar-refractivity contribution >= 4 is 0 Å². The second kappa shape index (κ2) is 2.54. The first-order valence-corrected chi connectivity index (χ1v) is 4.55. The Morgan fingerprint density at radius 2 is 1.60 bits per heavy atom. The maximum absolute atomic E-state index is 2.50. The summed E-state index contributed by atoms with van der Waals surface area (Å²) < 4.78 is 0. The van der Waals surface area contributed by atoms with Gasteiger partial charge in [0.05, 0.1) is 0 Å². The Kier molecular flexibility index (Phi) is 1.69. The Morgan fingerprint density at radius 1 is 1.10 bits per heavy atom. The standard InChI is InChI=1S/C9H17N.H2/c1-10-6-8-4-2-3-5-9(8)7-10;/h8-9H,2-7H2,1H3;1H. The topological polar surface area (TPSA) is 3.24 Å². The average molecular weight is 141 g/mol. The summed E-state index contributed by atoms with van der Waals surface area (Å²) in [6, 6.07) is 0. The molecule has 60 valence electrons. The summed E-state index contributed by atoms with van der Waals surface area (Å²) in [4.78, 5) is 2.50. The van der Waals surface area contributed by atoms with Crippen LogP contribution in [-0.2, 0) is 0 Å². The summed E-state index contributed by atoms with van der Waals surface area (Å²) in [7, 11) is 2.26. The van der Waals surface area contributed by atoms with Gasteiger partial charge in [0.2, 0.25) is 0 Å². The molecule has 10 heavy (non-hydrogen) atoms. The minimum absolute atomic E-state index is 0. The van der Waals surface area contributed by atoms with Crippen LogP contribution in [0, 0.1) is 11.8 Å². The summed E-state index contributed by atoms with van der Waals surface area (Å²) in [5.74, 6) is 2.14. The van der Waals surface area contributed by atoms with Crippen molar-refractivity contribution < 1.29 is 1.43 Å². The first-order valence-electron chi connectivity index (χ1n) is 4.55. The number of nitrogens with zero attached hydrogens (tertiary/aromatic N) is 1. The summed E-state index contributed by atoms with van der Waals surface area (Å²) in [6.07, 6.45) is 6.01. The molecule has 0 aromatic carbocycles. The minimum Gasteiger partial charge on any atom is -0.306 e. The Hall–Kier alpha value is -0.0400. The largest absolute Gasteiger partial charge is 0.306 e. The van der Waals surface area contributed by atoms with Gasteiger partial charge in [-0.15, -0.1) is 0 Å². The Labute approximate surface area is 64.9 Å². The maximum atomic E-state index is 2.50. The molecule has 1 aliphatic carbocycles. The smallest absolute Gasteiger partial charge is 0.000985 e. The monoisotopic (exact) mass is 141 g/mol. The van der Waals surface area contributed by atoms with E-state index in [0.29, 0.717) is 0 Å². The zero-order valence-electron chi connectivity index (χ0n) is 6.84. The predicted molar refractivity (Wildman–Crippen MR) is 45.1 cm³/mol. The van der Waals surface area contributed by atoms with Gasteiger partial charge in [-0.25, -0.2) is 0 Å². The van der Waals surface area contributed by atoms with Gasteiger partial charge in [-0.05, 0) is 31.7 Å². The molecular formula is C9H19N. The van der Waals surface area contributed by atoms with Gasteiger partial charge in [0, 0.05) is 14.5 Å². The van der Waals surface area contributed by atoms with Gasteiger partial charge in [0.15, 0.2) is 0 Å². The van der Waals surface area contributed by atoms with Crippen molar-refractivity contribution in [2.24, 2.45) is 11.8 Å². The van der Waals surface area contributed by atoms with Crippen molar-refractivity contribution in [2.45, 2.75) is 25.7 Å². The van der Waals surface area contributed by atoms with E-state index in [4.69, 9.17) is 0 Å². The van der Waals surface area contributed by atoms with Gasteiger partial charge >= 0.3 is 0 Å². The minimum atomic E-state index is 0. The fourth-order valence-corrected chi connectivity index (χ4v) is 2.64. The van der Waals surface area contributed by atoms with Crippen molar-refractivity contribution in [3.63, 3.8) is 0 Å². The van der Waals surface area contributed by atoms with E-state index < -0.39 is 0 Å². The van der Waals surface area contributed by atoms with Gasteiger partial charge < -0.3 is 4.90 Å². The molecule has 2 unspecified atom stereocenters. The first kappa shape index (κ1) is 6.66. The summed E-state index contributed by atoms with van der Waals surface area (Å²) in [6.45, 7) is 2.76. The van der Waals surface area contributed by atoms with Crippen LogP contribution in [0.3, 0.4) is 0 Å². The van der Waals surface area contributed by atoms with Gasteiger partial charge in [0.25, 0.3) is 0 Å². The van der Waals surface area contributed by atoms with E-state index in [1.54, 1.807) is 0 Å². The van der Waals surface area contributed by atoms with Crippen LogP contribution in [0.15, 0.2) is 0 Å². The second-order valence-electron chi connectivity index (χ2n) is 4.03. The predicted octanol–water partition coefficient (Wildman–Crippen LogP) is 1.98. The van der Waals surface area contributed by atoms with Gasteiger partial charge in [0.1, 0.15) is 0 Å². The van der Waals surface area contributed by atoms with E-state index in [2.05, 4.69) is 11.9 Å². The lowest BCUT2D eigenvalue weighted by Gasteiger charge is -2.23. The first-order chi connectivity index (χ1) is 4.86. The van der Waals surface area contributed by atoms with E-state index in [0.717, 1.165) is 11.8 Å². The SMILES string of the molecule is CN1CC2CCCCC2C1.[HH]. The zero-order valence-corrected chi connectivity index (χ0v) is 6.84. The van der Waals surface area contributed by atoms with Crippen molar-refractivity contribution in [2.75, 3.05) is 20.1 Å². The van der Waals surface area contributed by atoms with Crippen molar-refractivity contribution in [3.8, 4) is 0 Å². The van der Waals surface area contributed by atoms with E-state index in [-0.39, 0.29) is 1.43 Å². The highest BCUT2D eigenvalue weighted by Crippen LogP contribution is 2.34. The molecule has 0 N–H and O–H groups in total. The summed E-state index contributed by atoms with van der Waals surface area (Å²) in [5.41, 5.74) is 0. The fourth-order valence-electron chi connectivity index (χ4n) is 2.64. The van der Waals surface area contributed by atoms with Crippen LogP contribution in [0.1, 0.15) is 27.1 Å². The molecule has 0 spiro atoms. The number of hydrogen-bond donors (Lipinski definition) is 0. The molecule has 0 bridgehead atoms. The van der Waals surface area contributed by atoms with E-state index in [1.807, 2.05) is 0 Å². The van der Waals surface area contributed by atoms with Crippen molar-refractivity contribution in [3.05, 3.63) is 0 Å². The molecule has 1 heteroatoms. The molecule has 2 atom stereocenters. The third kappa shape index (κ3) is 1.07. The molecule has 2 fully saturated rings. The summed E-state index contributed by atoms with van der Waals surface area (Å²) in [5, 5.41) is 0. The van der Waals surface area contributed by atoms with Crippen LogP contribution in [-0.4, -0.2) is 25.0 Å². The fraction of sp³-hybridized carbons (Fsp3) is 1.00. The molecule has 2 aliphatic rings. The Bertz CT molecular complexity index is 113. The maximum Gasteiger partial charge on any atom is 0.000985 e. The van der Waals surface area contributed by atoms with E-state index in [1.165, 1.54) is 38.8 Å². The van der Waals surface area contributed by atoms with Crippen LogP contribution in [0.2, 0.25) is 0 Å². The van der Waals surface area contributed by atoms with Gasteiger partial charge in [-0.2, -0.15) is 0 Å². The number of likely N-dealkylation sites (tertiary alicyclic amines) is 1. The number of hydrogen-bond acceptors (Lipinski definition) is 1. The van der Waals surface area contributed by atoms with Crippen LogP contribution in [0.25, 0.3) is 0 Å². The molecule has 0 radical (unpaired) electrons. The molecule has 1 saturated carbocycles. The normalized spacial score (nSPS) is 41.7. The Balaban J connectivity index is 0.000000605. The highest BCUT2D eigenvalue weighted by Gasteiger charge is 2.31. The molecule has 1 heterocycles. The summed E-state index contributed by atoms with van der Waals surface area (Å²) >= 11 is 0. The average Bonchev–Trinajstić information content (AvgIpc) is 2.27. The quantitative estimate of drug-likeness (QED) is 0.498. The van der Waals surface area contributed by atoms with E-state index >= 15 is 0 Å². The molecule has 1 nitrogen and oxygen atoms in total. The van der Waals surface area contributed by atoms with Crippen LogP contribution < -0.4 is 0 Å². The van der Waals surface area contributed by atoms with Crippen molar-refractivity contribution in [1.29, 1.82) is 0 Å². The molecular weight excluding hydrogens is 122 g/mol. The number of fused-ring (bicyclic) bond motifs is 1. The number of rotatable bonds is 0. The lowest BCUT2D eigenvalue weighted by atomic mass is 9.82. The van der Waals surface area contributed by atoms with Gasteiger partial charge in [-0.1, -0.05) is 12.8 Å². The van der Waals surface area contributed by atoms with Gasteiger partial charge in [-0.3, -0.25) is 0 Å². The second-order valence-corrected chi connectivity index (χ2v) is 4.03. The molecule has 2 rings (SSSR count). The molecule has 0 aromatic heterocycles. The third-order valence-electron chi connectivity index (χ3n) is 3.16. The lowest BCUT2D eigenvalue weighted by molar-refractivity contribution is 0.299. The van der Waals surface area contributed by atoms with Crippen molar-refractivity contribution in [1.82, 2.24) is 4.90 Å². The van der Waals surface area contributed by atoms with Crippen LogP contribution in [0.4, 0.5) is 0 Å². The van der Waals surface area contributed by atoms with E-state index in [9.17, 15) is 0 Å². The molecule has 1 saturated heterocycles. The lowest BCUT2D eigenvalue weighted by Crippen LogP contribution is -2.16. The Morgan fingerprint density at radius 3 is 2.10 bits per heavy atom. The third-order valence-corrected chi connectivity index (χ3v) is 3.16. The highest BCUT2D eigenvalue weighted by atomic mass is 15.1.